The summed E-state index contributed by atoms with van der Waals surface area (Å²) in [7, 11) is 0. The molecular weight excluding hydrogens is 221 g/mol. The molecule has 0 N–H and O–H groups in total. The molecular formula is C14H22LiNO2. The van der Waals surface area contributed by atoms with Crippen LogP contribution in [0.15, 0.2) is 17.1 Å². The third kappa shape index (κ3) is 2.23. The Morgan fingerprint density at radius 2 is 2.17 bits per heavy atom. The van der Waals surface area contributed by atoms with Gasteiger partial charge in [0.25, 0.3) is 0 Å². The van der Waals surface area contributed by atoms with Crippen LogP contribution in [-0.4, -0.2) is 12.3 Å². The minimum atomic E-state index is -0.329. The van der Waals surface area contributed by atoms with Gasteiger partial charge in [0.05, 0.1) is 5.95 Å². The van der Waals surface area contributed by atoms with Gasteiger partial charge in [-0.3, -0.25) is 4.99 Å². The van der Waals surface area contributed by atoms with Gasteiger partial charge in [-0.25, -0.2) is 0 Å². The van der Waals surface area contributed by atoms with Gasteiger partial charge in [-0.15, -0.1) is 0 Å². The van der Waals surface area contributed by atoms with Gasteiger partial charge in [-0.1, -0.05) is 27.7 Å². The maximum absolute atomic E-state index is 11.3. The third-order valence-electron chi connectivity index (χ3n) is 5.12. The topological polar surface area (TPSA) is 44.6 Å². The zero-order chi connectivity index (χ0) is 12.7. The van der Waals surface area contributed by atoms with Crippen LogP contribution in [0.25, 0.3) is 0 Å². The van der Waals surface area contributed by atoms with E-state index in [1.807, 2.05) is 0 Å². The SMILES string of the molecule is CCO/C([O-])=C/N=C1CC2CCC1(C)C2(C)C.[Li+]. The summed E-state index contributed by atoms with van der Waals surface area (Å²) in [4.78, 5) is 4.41. The standard InChI is InChI=1S/C14H23NO2.Li/c1-5-17-12(16)9-15-11-8-10-6-7-14(11,4)13(10,2)3;/h9-10,16H,5-8H2,1-4H3;/q;+1/p-1/b12-9+,15-11?;. The Balaban J connectivity index is 0.00000162. The molecule has 2 aliphatic rings. The van der Waals surface area contributed by atoms with E-state index < -0.39 is 0 Å². The van der Waals surface area contributed by atoms with E-state index in [2.05, 4.69) is 25.8 Å². The normalized spacial score (nSPS) is 35.7. The van der Waals surface area contributed by atoms with Crippen LogP contribution in [0.2, 0.25) is 0 Å². The quantitative estimate of drug-likeness (QED) is 0.494. The fourth-order valence-electron chi connectivity index (χ4n) is 3.43. The van der Waals surface area contributed by atoms with E-state index in [0.29, 0.717) is 12.0 Å². The molecule has 3 nitrogen and oxygen atoms in total. The summed E-state index contributed by atoms with van der Waals surface area (Å²) < 4.78 is 4.87. The summed E-state index contributed by atoms with van der Waals surface area (Å²) in [6, 6.07) is 0. The summed E-state index contributed by atoms with van der Waals surface area (Å²) in [5.74, 6) is 0.394. The van der Waals surface area contributed by atoms with Crippen molar-refractivity contribution in [3.63, 3.8) is 0 Å². The van der Waals surface area contributed by atoms with Gasteiger partial charge in [0.1, 0.15) is 0 Å². The van der Waals surface area contributed by atoms with Crippen molar-refractivity contribution in [1.29, 1.82) is 0 Å². The van der Waals surface area contributed by atoms with Crippen molar-refractivity contribution in [3.8, 4) is 0 Å². The fraction of sp³-hybridized carbons (Fsp3) is 0.786. The molecule has 2 saturated carbocycles. The molecule has 2 atom stereocenters. The molecule has 2 unspecified atom stereocenters. The Morgan fingerprint density at radius 3 is 2.61 bits per heavy atom. The molecule has 0 saturated heterocycles. The van der Waals surface area contributed by atoms with E-state index in [9.17, 15) is 5.11 Å². The maximum Gasteiger partial charge on any atom is 1.00 e. The first-order valence-corrected chi connectivity index (χ1v) is 6.49. The van der Waals surface area contributed by atoms with E-state index in [0.717, 1.165) is 12.3 Å². The van der Waals surface area contributed by atoms with Crippen molar-refractivity contribution in [1.82, 2.24) is 0 Å². The minimum absolute atomic E-state index is 0. The van der Waals surface area contributed by atoms with Crippen LogP contribution in [0.3, 0.4) is 0 Å². The summed E-state index contributed by atoms with van der Waals surface area (Å²) in [5.41, 5.74) is 1.67. The molecule has 0 aromatic rings. The Kier molecular flexibility index (Phi) is 4.62. The first-order chi connectivity index (χ1) is 7.91. The van der Waals surface area contributed by atoms with Crippen LogP contribution in [0, 0.1) is 16.7 Å². The predicted molar refractivity (Wildman–Crippen MR) is 66.4 cm³/mol. The van der Waals surface area contributed by atoms with Gasteiger partial charge in [-0.05, 0) is 37.2 Å². The molecule has 4 heteroatoms. The van der Waals surface area contributed by atoms with E-state index in [-0.39, 0.29) is 30.2 Å². The van der Waals surface area contributed by atoms with Crippen LogP contribution < -0.4 is 24.0 Å². The van der Waals surface area contributed by atoms with Gasteiger partial charge >= 0.3 is 18.9 Å². The molecule has 2 aliphatic carbocycles. The number of nitrogens with zero attached hydrogens (tertiary/aromatic N) is 1. The predicted octanol–water partition coefficient (Wildman–Crippen LogP) is -0.527. The second kappa shape index (κ2) is 5.31. The zero-order valence-electron chi connectivity index (χ0n) is 12.2. The van der Waals surface area contributed by atoms with Crippen molar-refractivity contribution >= 4 is 5.71 Å². The summed E-state index contributed by atoms with van der Waals surface area (Å²) in [6.07, 6.45) is 4.88. The minimum Gasteiger partial charge on any atom is -0.613 e. The number of aliphatic imine (C=N–C) groups is 1. The largest absolute Gasteiger partial charge is 1.00 e. The Labute approximate surface area is 122 Å². The molecule has 2 fully saturated rings. The average molecular weight is 243 g/mol. The first-order valence-electron chi connectivity index (χ1n) is 6.49. The monoisotopic (exact) mass is 243 g/mol. The molecule has 0 radical (unpaired) electrons. The molecule has 0 aromatic carbocycles. The number of hydrogen-bond donors (Lipinski definition) is 0. The third-order valence-corrected chi connectivity index (χ3v) is 5.12. The van der Waals surface area contributed by atoms with Gasteiger partial charge in [0.2, 0.25) is 0 Å². The fourth-order valence-corrected chi connectivity index (χ4v) is 3.43. The molecule has 0 aromatic heterocycles. The van der Waals surface area contributed by atoms with Gasteiger partial charge < -0.3 is 9.84 Å². The summed E-state index contributed by atoms with van der Waals surface area (Å²) >= 11 is 0. The molecule has 2 bridgehead atoms. The van der Waals surface area contributed by atoms with Crippen LogP contribution in [0.4, 0.5) is 0 Å². The van der Waals surface area contributed by atoms with Crippen LogP contribution in [0.1, 0.15) is 47.0 Å². The van der Waals surface area contributed by atoms with E-state index in [1.54, 1.807) is 6.92 Å². The second-order valence-corrected chi connectivity index (χ2v) is 5.95. The van der Waals surface area contributed by atoms with Crippen molar-refractivity contribution in [2.24, 2.45) is 21.7 Å². The van der Waals surface area contributed by atoms with Crippen molar-refractivity contribution in [3.05, 3.63) is 12.1 Å². The van der Waals surface area contributed by atoms with Crippen LogP contribution in [0.5, 0.6) is 0 Å². The van der Waals surface area contributed by atoms with Crippen molar-refractivity contribution < 1.29 is 28.7 Å². The van der Waals surface area contributed by atoms with Crippen LogP contribution >= 0.6 is 0 Å². The average Bonchev–Trinajstić information content (AvgIpc) is 2.59. The molecule has 0 aliphatic heterocycles. The van der Waals surface area contributed by atoms with E-state index in [1.165, 1.54) is 24.8 Å². The molecule has 18 heavy (non-hydrogen) atoms. The summed E-state index contributed by atoms with van der Waals surface area (Å²) in [6.45, 7) is 9.17. The van der Waals surface area contributed by atoms with Gasteiger partial charge in [0, 0.05) is 17.3 Å². The maximum atomic E-state index is 11.3. The number of fused-ring (bicyclic) bond motifs is 2. The summed E-state index contributed by atoms with van der Waals surface area (Å²) in [5, 5.41) is 11.3. The number of hydrogen-bond acceptors (Lipinski definition) is 3. The Morgan fingerprint density at radius 1 is 1.50 bits per heavy atom. The second-order valence-electron chi connectivity index (χ2n) is 5.95. The number of ether oxygens (including phenoxy) is 1. The van der Waals surface area contributed by atoms with E-state index >= 15 is 0 Å². The first kappa shape index (κ1) is 15.7. The van der Waals surface area contributed by atoms with Crippen molar-refractivity contribution in [2.45, 2.75) is 47.0 Å². The van der Waals surface area contributed by atoms with Gasteiger partial charge in [0.15, 0.2) is 0 Å². The number of rotatable bonds is 3. The molecule has 0 amide bonds. The van der Waals surface area contributed by atoms with Crippen LogP contribution in [-0.2, 0) is 4.74 Å². The smallest absolute Gasteiger partial charge is 0.613 e. The Hall–Kier alpha value is -0.393. The zero-order valence-corrected chi connectivity index (χ0v) is 12.2. The molecule has 0 spiro atoms. The van der Waals surface area contributed by atoms with Gasteiger partial charge in [-0.2, -0.15) is 0 Å². The van der Waals surface area contributed by atoms with Crippen molar-refractivity contribution in [2.75, 3.05) is 6.61 Å². The van der Waals surface area contributed by atoms with E-state index in [4.69, 9.17) is 4.74 Å². The Bertz CT molecular complexity index is 376. The molecule has 2 rings (SSSR count). The molecule has 96 valence electrons. The molecule has 0 heterocycles.